The van der Waals surface area contributed by atoms with Crippen LogP contribution in [0.25, 0.3) is 0 Å². The van der Waals surface area contributed by atoms with Gasteiger partial charge in [0.25, 0.3) is 0 Å². The smallest absolute Gasteiger partial charge is 0.325 e. The molecule has 0 fully saturated rings. The molecule has 6 heteroatoms. The fourth-order valence-corrected chi connectivity index (χ4v) is 2.59. The molecule has 0 spiro atoms. The summed E-state index contributed by atoms with van der Waals surface area (Å²) in [5.74, 6) is -0.862. The van der Waals surface area contributed by atoms with Crippen LogP contribution in [0.1, 0.15) is 25.5 Å². The van der Waals surface area contributed by atoms with Crippen LogP contribution in [-0.2, 0) is 4.79 Å². The van der Waals surface area contributed by atoms with Gasteiger partial charge in [-0.1, -0.05) is 19.9 Å². The summed E-state index contributed by atoms with van der Waals surface area (Å²) >= 11 is 6.79. The molecule has 0 aromatic heterocycles. The molecule has 112 valence electrons. The van der Waals surface area contributed by atoms with Gasteiger partial charge in [0, 0.05) is 22.0 Å². The fourth-order valence-electron chi connectivity index (χ4n) is 1.95. The van der Waals surface area contributed by atoms with Crippen molar-refractivity contribution in [3.05, 3.63) is 32.7 Å². The maximum atomic E-state index is 11.4. The number of nitrogens with one attached hydrogen (secondary N) is 1. The predicted octanol–water partition coefficient (Wildman–Crippen LogP) is 3.27. The highest BCUT2D eigenvalue weighted by atomic mass is 79.9. The van der Waals surface area contributed by atoms with E-state index in [1.165, 1.54) is 0 Å². The molecular formula is C14H20Br2N2O2. The Kier molecular flexibility index (Phi) is 7.72. The lowest BCUT2D eigenvalue weighted by atomic mass is 10.1. The number of hydrogen-bond donors (Lipinski definition) is 2. The first-order valence-electron chi connectivity index (χ1n) is 6.63. The zero-order valence-electron chi connectivity index (χ0n) is 11.7. The van der Waals surface area contributed by atoms with E-state index < -0.39 is 12.0 Å². The third kappa shape index (κ3) is 5.16. The minimum atomic E-state index is -0.862. The first-order valence-corrected chi connectivity index (χ1v) is 8.21. The Morgan fingerprint density at radius 1 is 1.30 bits per heavy atom. The van der Waals surface area contributed by atoms with Crippen molar-refractivity contribution in [3.8, 4) is 0 Å². The molecule has 0 aliphatic rings. The summed E-state index contributed by atoms with van der Waals surface area (Å²) in [5.41, 5.74) is 0.743. The summed E-state index contributed by atoms with van der Waals surface area (Å²) in [6.07, 6.45) is 0. The van der Waals surface area contributed by atoms with E-state index in [1.54, 1.807) is 0 Å². The van der Waals surface area contributed by atoms with Crippen LogP contribution in [-0.4, -0.2) is 42.2 Å². The van der Waals surface area contributed by atoms with Crippen molar-refractivity contribution < 1.29 is 9.90 Å². The number of rotatable bonds is 8. The summed E-state index contributed by atoms with van der Waals surface area (Å²) < 4.78 is 1.76. The number of aliphatic carboxylic acids is 1. The van der Waals surface area contributed by atoms with Gasteiger partial charge in [-0.2, -0.15) is 0 Å². The van der Waals surface area contributed by atoms with Crippen molar-refractivity contribution in [2.75, 3.05) is 26.2 Å². The molecule has 0 saturated heterocycles. The standard InChI is InChI=1S/C14H20Br2N2O2/c1-3-18(4-2)8-7-17-13(14(19)20)10-5-6-11(15)12(16)9-10/h5-6,9,13,17H,3-4,7-8H2,1-2H3,(H,19,20). The van der Waals surface area contributed by atoms with Crippen molar-refractivity contribution in [2.24, 2.45) is 0 Å². The molecule has 4 nitrogen and oxygen atoms in total. The summed E-state index contributed by atoms with van der Waals surface area (Å²) in [6, 6.07) is 4.81. The maximum absolute atomic E-state index is 11.4. The summed E-state index contributed by atoms with van der Waals surface area (Å²) in [7, 11) is 0. The second-order valence-corrected chi connectivity index (χ2v) is 6.13. The lowest BCUT2D eigenvalue weighted by molar-refractivity contribution is -0.139. The van der Waals surface area contributed by atoms with E-state index in [4.69, 9.17) is 0 Å². The average molecular weight is 408 g/mol. The van der Waals surface area contributed by atoms with Crippen molar-refractivity contribution in [3.63, 3.8) is 0 Å². The number of carbonyl (C=O) groups is 1. The maximum Gasteiger partial charge on any atom is 0.325 e. The van der Waals surface area contributed by atoms with Crippen LogP contribution in [0.5, 0.6) is 0 Å². The summed E-state index contributed by atoms with van der Waals surface area (Å²) in [6.45, 7) is 7.63. The van der Waals surface area contributed by atoms with Gasteiger partial charge in [-0.05, 0) is 62.6 Å². The molecule has 0 aliphatic carbocycles. The zero-order valence-corrected chi connectivity index (χ0v) is 14.9. The Labute approximate surface area is 136 Å². The quantitative estimate of drug-likeness (QED) is 0.694. The molecule has 0 aliphatic heterocycles. The van der Waals surface area contributed by atoms with Gasteiger partial charge in [0.05, 0.1) is 0 Å². The number of benzene rings is 1. The topological polar surface area (TPSA) is 52.6 Å². The highest BCUT2D eigenvalue weighted by molar-refractivity contribution is 9.13. The summed E-state index contributed by atoms with van der Waals surface area (Å²) in [5, 5.41) is 12.5. The number of hydrogen-bond acceptors (Lipinski definition) is 3. The van der Waals surface area contributed by atoms with Crippen LogP contribution in [0.4, 0.5) is 0 Å². The Morgan fingerprint density at radius 2 is 1.95 bits per heavy atom. The van der Waals surface area contributed by atoms with Crippen LogP contribution >= 0.6 is 31.9 Å². The monoisotopic (exact) mass is 406 g/mol. The molecule has 1 aromatic rings. The number of halogens is 2. The van der Waals surface area contributed by atoms with Gasteiger partial charge >= 0.3 is 5.97 Å². The van der Waals surface area contributed by atoms with E-state index in [0.717, 1.165) is 34.1 Å². The van der Waals surface area contributed by atoms with E-state index in [2.05, 4.69) is 55.9 Å². The van der Waals surface area contributed by atoms with Gasteiger partial charge in [0.2, 0.25) is 0 Å². The molecule has 2 N–H and O–H groups in total. The van der Waals surface area contributed by atoms with Gasteiger partial charge in [0.15, 0.2) is 0 Å². The number of carboxylic acids is 1. The van der Waals surface area contributed by atoms with Gasteiger partial charge < -0.3 is 10.0 Å². The molecule has 1 rings (SSSR count). The minimum absolute atomic E-state index is 0.645. The largest absolute Gasteiger partial charge is 0.480 e. The zero-order chi connectivity index (χ0) is 15.1. The third-order valence-corrected chi connectivity index (χ3v) is 5.07. The number of carboxylic acid groups (broad SMARTS) is 1. The SMILES string of the molecule is CCN(CC)CCNC(C(=O)O)c1ccc(Br)c(Br)c1. The molecule has 0 amide bonds. The highest BCUT2D eigenvalue weighted by Crippen LogP contribution is 2.26. The third-order valence-electron chi connectivity index (χ3n) is 3.19. The second kappa shape index (κ2) is 8.77. The van der Waals surface area contributed by atoms with E-state index in [9.17, 15) is 9.90 Å². The molecule has 20 heavy (non-hydrogen) atoms. The Bertz CT molecular complexity index is 451. The predicted molar refractivity (Wildman–Crippen MR) is 88.0 cm³/mol. The van der Waals surface area contributed by atoms with E-state index in [1.807, 2.05) is 18.2 Å². The van der Waals surface area contributed by atoms with Gasteiger partial charge in [-0.15, -0.1) is 0 Å². The lowest BCUT2D eigenvalue weighted by Crippen LogP contribution is -2.36. The molecule has 1 aromatic carbocycles. The average Bonchev–Trinajstić information content (AvgIpc) is 2.42. The van der Waals surface area contributed by atoms with Crippen LogP contribution < -0.4 is 5.32 Å². The molecule has 0 saturated carbocycles. The lowest BCUT2D eigenvalue weighted by Gasteiger charge is -2.21. The molecular weight excluding hydrogens is 388 g/mol. The van der Waals surface area contributed by atoms with Gasteiger partial charge in [-0.25, -0.2) is 0 Å². The van der Waals surface area contributed by atoms with E-state index >= 15 is 0 Å². The summed E-state index contributed by atoms with van der Waals surface area (Å²) in [4.78, 5) is 13.7. The normalized spacial score (nSPS) is 12.7. The Hall–Kier alpha value is -0.430. The Balaban J connectivity index is 2.69. The minimum Gasteiger partial charge on any atom is -0.480 e. The molecule has 0 heterocycles. The van der Waals surface area contributed by atoms with E-state index in [-0.39, 0.29) is 0 Å². The van der Waals surface area contributed by atoms with E-state index in [0.29, 0.717) is 6.54 Å². The second-order valence-electron chi connectivity index (χ2n) is 4.43. The van der Waals surface area contributed by atoms with Crippen LogP contribution in [0.15, 0.2) is 27.1 Å². The fraction of sp³-hybridized carbons (Fsp3) is 0.500. The van der Waals surface area contributed by atoms with Gasteiger partial charge in [0.1, 0.15) is 6.04 Å². The molecule has 0 bridgehead atoms. The van der Waals surface area contributed by atoms with Crippen LogP contribution in [0.2, 0.25) is 0 Å². The first kappa shape index (κ1) is 17.6. The van der Waals surface area contributed by atoms with Crippen molar-refractivity contribution in [1.29, 1.82) is 0 Å². The number of likely N-dealkylation sites (N-methyl/N-ethyl adjacent to an activating group) is 1. The highest BCUT2D eigenvalue weighted by Gasteiger charge is 2.19. The first-order chi connectivity index (χ1) is 9.49. The molecule has 1 atom stereocenters. The van der Waals surface area contributed by atoms with Gasteiger partial charge in [-0.3, -0.25) is 10.1 Å². The van der Waals surface area contributed by atoms with Crippen LogP contribution in [0.3, 0.4) is 0 Å². The Morgan fingerprint density at radius 3 is 2.45 bits per heavy atom. The van der Waals surface area contributed by atoms with Crippen molar-refractivity contribution in [1.82, 2.24) is 10.2 Å². The molecule has 0 radical (unpaired) electrons. The number of nitrogens with zero attached hydrogens (tertiary/aromatic N) is 1. The van der Waals surface area contributed by atoms with Crippen LogP contribution in [0, 0.1) is 0 Å². The van der Waals surface area contributed by atoms with Crippen molar-refractivity contribution >= 4 is 37.8 Å². The van der Waals surface area contributed by atoms with Crippen molar-refractivity contribution in [2.45, 2.75) is 19.9 Å². The molecule has 1 unspecified atom stereocenters.